The molecule has 1 heterocycles. The number of carbonyl (C=O) groups is 2. The van der Waals surface area contributed by atoms with E-state index < -0.39 is 0 Å². The van der Waals surface area contributed by atoms with E-state index in [1.807, 2.05) is 38.1 Å². The van der Waals surface area contributed by atoms with Gasteiger partial charge < -0.3 is 21.3 Å². The Hall–Kier alpha value is -2.57. The first-order chi connectivity index (χ1) is 12.5. The summed E-state index contributed by atoms with van der Waals surface area (Å²) in [5.74, 6) is 0.775. The Bertz CT molecular complexity index is 659. The van der Waals surface area contributed by atoms with Crippen molar-refractivity contribution in [2.75, 3.05) is 25.5 Å². The largest absolute Gasteiger partial charge is 0.356 e. The van der Waals surface area contributed by atoms with Crippen molar-refractivity contribution in [2.24, 2.45) is 4.99 Å². The van der Waals surface area contributed by atoms with Crippen molar-refractivity contribution in [3.63, 3.8) is 0 Å². The van der Waals surface area contributed by atoms with Crippen LogP contribution < -0.4 is 21.3 Å². The third-order valence-corrected chi connectivity index (χ3v) is 4.51. The van der Waals surface area contributed by atoms with Crippen molar-refractivity contribution in [3.05, 3.63) is 29.8 Å². The van der Waals surface area contributed by atoms with Gasteiger partial charge in [-0.15, -0.1) is 0 Å². The van der Waals surface area contributed by atoms with Gasteiger partial charge in [-0.1, -0.05) is 25.1 Å². The smallest absolute Gasteiger partial charge is 0.225 e. The van der Waals surface area contributed by atoms with Crippen LogP contribution in [0.4, 0.5) is 5.69 Å². The van der Waals surface area contributed by atoms with Crippen LogP contribution in [-0.2, 0) is 9.59 Å². The summed E-state index contributed by atoms with van der Waals surface area (Å²) in [6.07, 6.45) is 1.75. The third kappa shape index (κ3) is 5.75. The summed E-state index contributed by atoms with van der Waals surface area (Å²) < 4.78 is 0. The topological polar surface area (TPSA) is 94.6 Å². The van der Waals surface area contributed by atoms with Gasteiger partial charge >= 0.3 is 0 Å². The lowest BCUT2D eigenvalue weighted by Gasteiger charge is -2.26. The van der Waals surface area contributed by atoms with Gasteiger partial charge in [-0.2, -0.15) is 0 Å². The number of para-hydroxylation sites is 1. The molecule has 0 spiro atoms. The lowest BCUT2D eigenvalue weighted by molar-refractivity contribution is -0.121. The Labute approximate surface area is 155 Å². The van der Waals surface area contributed by atoms with Crippen LogP contribution in [0.1, 0.15) is 44.6 Å². The minimum atomic E-state index is 0.0279. The van der Waals surface area contributed by atoms with Crippen molar-refractivity contribution >= 4 is 23.5 Å². The SMILES string of the molecule is CCC(C)NC(=O)CCNC(=NC)NCC1CC(=O)Nc2ccccc21. The van der Waals surface area contributed by atoms with Crippen molar-refractivity contribution in [3.8, 4) is 0 Å². The van der Waals surface area contributed by atoms with Crippen molar-refractivity contribution in [1.82, 2.24) is 16.0 Å². The number of fused-ring (bicyclic) bond motifs is 1. The molecule has 2 unspecified atom stereocenters. The van der Waals surface area contributed by atoms with Crippen molar-refractivity contribution < 1.29 is 9.59 Å². The van der Waals surface area contributed by atoms with Crippen LogP contribution in [0.15, 0.2) is 29.3 Å². The summed E-state index contributed by atoms with van der Waals surface area (Å²) in [6.45, 7) is 5.13. The molecule has 26 heavy (non-hydrogen) atoms. The van der Waals surface area contributed by atoms with Gasteiger partial charge in [0.05, 0.1) is 0 Å². The summed E-state index contributed by atoms with van der Waals surface area (Å²) in [5.41, 5.74) is 2.00. The average Bonchev–Trinajstić information content (AvgIpc) is 2.63. The minimum Gasteiger partial charge on any atom is -0.356 e. The molecule has 0 saturated carbocycles. The maximum Gasteiger partial charge on any atom is 0.225 e. The van der Waals surface area contributed by atoms with Crippen LogP contribution in [0.25, 0.3) is 0 Å². The van der Waals surface area contributed by atoms with E-state index in [0.717, 1.165) is 17.7 Å². The summed E-state index contributed by atoms with van der Waals surface area (Å²) >= 11 is 0. The van der Waals surface area contributed by atoms with Crippen LogP contribution in [0.5, 0.6) is 0 Å². The molecule has 2 atom stereocenters. The van der Waals surface area contributed by atoms with Gasteiger partial charge in [0.15, 0.2) is 5.96 Å². The van der Waals surface area contributed by atoms with E-state index in [9.17, 15) is 9.59 Å². The molecule has 0 fully saturated rings. The van der Waals surface area contributed by atoms with Crippen LogP contribution in [0.3, 0.4) is 0 Å². The quantitative estimate of drug-likeness (QED) is 0.439. The van der Waals surface area contributed by atoms with Gasteiger partial charge in [-0.25, -0.2) is 0 Å². The Balaban J connectivity index is 1.80. The van der Waals surface area contributed by atoms with Gasteiger partial charge in [0.1, 0.15) is 0 Å². The first-order valence-corrected chi connectivity index (χ1v) is 9.16. The number of benzene rings is 1. The lowest BCUT2D eigenvalue weighted by Crippen LogP contribution is -2.42. The Morgan fingerprint density at radius 2 is 2.12 bits per heavy atom. The number of nitrogens with zero attached hydrogens (tertiary/aromatic N) is 1. The van der Waals surface area contributed by atoms with Gasteiger partial charge in [-0.3, -0.25) is 14.6 Å². The number of carbonyl (C=O) groups excluding carboxylic acids is 2. The fourth-order valence-electron chi connectivity index (χ4n) is 2.87. The monoisotopic (exact) mass is 359 g/mol. The molecule has 0 aromatic heterocycles. The van der Waals surface area contributed by atoms with E-state index in [0.29, 0.717) is 31.9 Å². The fraction of sp³-hybridized carbons (Fsp3) is 0.526. The standard InChI is InChI=1S/C19H29N5O2/c1-4-13(2)23-17(25)9-10-21-19(20-3)22-12-14-11-18(26)24-16-8-6-5-7-15(14)16/h5-8,13-14H,4,9-12H2,1-3H3,(H,23,25)(H,24,26)(H2,20,21,22). The van der Waals surface area contributed by atoms with Crippen LogP contribution >= 0.6 is 0 Å². The normalized spacial score (nSPS) is 17.7. The number of hydrogen-bond acceptors (Lipinski definition) is 3. The molecule has 7 heteroatoms. The number of guanidine groups is 1. The molecular formula is C19H29N5O2. The highest BCUT2D eigenvalue weighted by Gasteiger charge is 2.24. The summed E-state index contributed by atoms with van der Waals surface area (Å²) in [7, 11) is 1.69. The number of rotatable bonds is 7. The van der Waals surface area contributed by atoms with Crippen LogP contribution in [0, 0.1) is 0 Å². The van der Waals surface area contributed by atoms with Crippen LogP contribution in [0.2, 0.25) is 0 Å². The van der Waals surface area contributed by atoms with Gasteiger partial charge in [-0.05, 0) is 25.0 Å². The predicted octanol–water partition coefficient (Wildman–Crippen LogP) is 1.58. The lowest BCUT2D eigenvalue weighted by atomic mass is 9.90. The summed E-state index contributed by atoms with van der Waals surface area (Å²) in [5, 5.41) is 12.2. The van der Waals surface area contributed by atoms with Crippen molar-refractivity contribution in [1.29, 1.82) is 0 Å². The molecule has 1 aliphatic heterocycles. The first kappa shape index (κ1) is 19.8. The summed E-state index contributed by atoms with van der Waals surface area (Å²) in [6, 6.07) is 8.04. The molecule has 1 aromatic rings. The molecule has 0 saturated heterocycles. The van der Waals surface area contributed by atoms with Crippen molar-refractivity contribution in [2.45, 2.75) is 45.1 Å². The third-order valence-electron chi connectivity index (χ3n) is 4.51. The number of anilines is 1. The Kier molecular flexibility index (Phi) is 7.44. The molecular weight excluding hydrogens is 330 g/mol. The molecule has 0 bridgehead atoms. The Morgan fingerprint density at radius 3 is 2.85 bits per heavy atom. The Morgan fingerprint density at radius 1 is 1.35 bits per heavy atom. The molecule has 0 radical (unpaired) electrons. The second kappa shape index (κ2) is 9.79. The number of hydrogen-bond donors (Lipinski definition) is 4. The van der Waals surface area contributed by atoms with Gasteiger partial charge in [0, 0.05) is 50.6 Å². The van der Waals surface area contributed by atoms with Gasteiger partial charge in [0.25, 0.3) is 0 Å². The highest BCUT2D eigenvalue weighted by Crippen LogP contribution is 2.31. The minimum absolute atomic E-state index is 0.0279. The molecule has 1 aliphatic rings. The maximum atomic E-state index is 11.9. The zero-order valence-corrected chi connectivity index (χ0v) is 15.8. The molecule has 4 N–H and O–H groups in total. The second-order valence-electron chi connectivity index (χ2n) is 6.54. The maximum absolute atomic E-state index is 11.9. The zero-order valence-electron chi connectivity index (χ0n) is 15.8. The zero-order chi connectivity index (χ0) is 18.9. The van der Waals surface area contributed by atoms with Gasteiger partial charge in [0.2, 0.25) is 11.8 Å². The highest BCUT2D eigenvalue weighted by molar-refractivity contribution is 5.94. The fourth-order valence-corrected chi connectivity index (χ4v) is 2.87. The average molecular weight is 359 g/mol. The molecule has 0 aliphatic carbocycles. The molecule has 142 valence electrons. The van der Waals surface area contributed by atoms with E-state index in [2.05, 4.69) is 26.3 Å². The van der Waals surface area contributed by atoms with E-state index in [-0.39, 0.29) is 23.8 Å². The molecule has 2 rings (SSSR count). The van der Waals surface area contributed by atoms with E-state index in [1.165, 1.54) is 0 Å². The first-order valence-electron chi connectivity index (χ1n) is 9.16. The molecule has 2 amide bonds. The highest BCUT2D eigenvalue weighted by atomic mass is 16.2. The van der Waals surface area contributed by atoms with E-state index in [1.54, 1.807) is 7.05 Å². The molecule has 1 aromatic carbocycles. The van der Waals surface area contributed by atoms with Crippen LogP contribution in [-0.4, -0.2) is 44.0 Å². The molecule has 7 nitrogen and oxygen atoms in total. The number of amides is 2. The second-order valence-corrected chi connectivity index (χ2v) is 6.54. The number of nitrogens with one attached hydrogen (secondary N) is 4. The predicted molar refractivity (Wildman–Crippen MR) is 104 cm³/mol. The van der Waals surface area contributed by atoms with E-state index in [4.69, 9.17) is 0 Å². The summed E-state index contributed by atoms with van der Waals surface area (Å²) in [4.78, 5) is 27.9. The number of aliphatic imine (C=N–C) groups is 1. The van der Waals surface area contributed by atoms with E-state index >= 15 is 0 Å².